The van der Waals surface area contributed by atoms with Gasteiger partial charge in [-0.1, -0.05) is 26.0 Å². The molecule has 2 aromatic rings. The minimum absolute atomic E-state index is 0.0328. The summed E-state index contributed by atoms with van der Waals surface area (Å²) in [6.45, 7) is 4.50. The predicted octanol–water partition coefficient (Wildman–Crippen LogP) is 3.12. The fraction of sp³-hybridized carbons (Fsp3) is 0.400. The molecule has 0 unspecified atom stereocenters. The second kappa shape index (κ2) is 8.97. The van der Waals surface area contributed by atoms with Crippen LogP contribution in [0.25, 0.3) is 0 Å². The molecule has 2 amide bonds. The lowest BCUT2D eigenvalue weighted by Crippen LogP contribution is -2.23. The van der Waals surface area contributed by atoms with Crippen LogP contribution >= 0.6 is 11.3 Å². The molecule has 1 saturated heterocycles. The van der Waals surface area contributed by atoms with Crippen molar-refractivity contribution in [3.8, 4) is 0 Å². The molecule has 1 aliphatic heterocycles. The third kappa shape index (κ3) is 5.16. The number of hydrogen-bond acceptors (Lipinski definition) is 6. The topological polar surface area (TPSA) is 88.6 Å². The summed E-state index contributed by atoms with van der Waals surface area (Å²) in [6, 6.07) is 7.56. The van der Waals surface area contributed by atoms with E-state index in [1.807, 2.05) is 24.3 Å². The SMILES string of the molecule is CC(C)c1ccc(NC(=O)COC(=O)Cc2csc(N3CCCC3=O)n2)cc1. The van der Waals surface area contributed by atoms with Crippen molar-refractivity contribution in [2.45, 2.75) is 39.0 Å². The Morgan fingerprint density at radius 3 is 2.68 bits per heavy atom. The van der Waals surface area contributed by atoms with Crippen LogP contribution in [0.5, 0.6) is 0 Å². The maximum atomic E-state index is 12.0. The highest BCUT2D eigenvalue weighted by molar-refractivity contribution is 7.14. The van der Waals surface area contributed by atoms with Gasteiger partial charge >= 0.3 is 5.97 Å². The molecule has 28 heavy (non-hydrogen) atoms. The Labute approximate surface area is 167 Å². The number of anilines is 2. The number of esters is 1. The molecule has 7 nitrogen and oxygen atoms in total. The van der Waals surface area contributed by atoms with E-state index in [0.717, 1.165) is 6.42 Å². The van der Waals surface area contributed by atoms with Gasteiger partial charge < -0.3 is 10.1 Å². The number of rotatable bonds is 7. The van der Waals surface area contributed by atoms with Crippen LogP contribution in [-0.2, 0) is 25.5 Å². The number of nitrogens with zero attached hydrogens (tertiary/aromatic N) is 2. The zero-order valence-corrected chi connectivity index (χ0v) is 16.8. The van der Waals surface area contributed by atoms with Gasteiger partial charge in [0.25, 0.3) is 5.91 Å². The predicted molar refractivity (Wildman–Crippen MR) is 108 cm³/mol. The highest BCUT2D eigenvalue weighted by atomic mass is 32.1. The second-order valence-electron chi connectivity index (χ2n) is 6.93. The Kier molecular flexibility index (Phi) is 6.41. The van der Waals surface area contributed by atoms with Gasteiger partial charge in [0.15, 0.2) is 11.7 Å². The standard InChI is InChI=1S/C20H23N3O4S/c1-13(2)14-5-7-15(8-6-14)21-17(24)11-27-19(26)10-16-12-28-20(22-16)23-9-3-4-18(23)25/h5-8,12-13H,3-4,9-11H2,1-2H3,(H,21,24). The number of ether oxygens (including phenoxy) is 1. The Morgan fingerprint density at radius 1 is 1.29 bits per heavy atom. The van der Waals surface area contributed by atoms with Crippen molar-refractivity contribution in [3.63, 3.8) is 0 Å². The molecule has 1 fully saturated rings. The molecule has 1 aromatic carbocycles. The van der Waals surface area contributed by atoms with Gasteiger partial charge in [-0.15, -0.1) is 11.3 Å². The fourth-order valence-corrected chi connectivity index (χ4v) is 3.71. The molecule has 2 heterocycles. The summed E-state index contributed by atoms with van der Waals surface area (Å²) in [5.41, 5.74) is 2.38. The smallest absolute Gasteiger partial charge is 0.312 e. The number of amides is 2. The molecule has 1 aromatic heterocycles. The summed E-state index contributed by atoms with van der Waals surface area (Å²) in [5, 5.41) is 5.04. The third-order valence-electron chi connectivity index (χ3n) is 4.39. The van der Waals surface area contributed by atoms with Crippen LogP contribution in [0.1, 0.15) is 43.9 Å². The van der Waals surface area contributed by atoms with E-state index < -0.39 is 11.9 Å². The van der Waals surface area contributed by atoms with Crippen LogP contribution in [0.2, 0.25) is 0 Å². The monoisotopic (exact) mass is 401 g/mol. The highest BCUT2D eigenvalue weighted by Gasteiger charge is 2.24. The number of carbonyl (C=O) groups excluding carboxylic acids is 3. The van der Waals surface area contributed by atoms with Gasteiger partial charge in [-0.25, -0.2) is 4.98 Å². The first kappa shape index (κ1) is 20.0. The zero-order chi connectivity index (χ0) is 20.1. The van der Waals surface area contributed by atoms with E-state index in [1.54, 1.807) is 10.3 Å². The lowest BCUT2D eigenvalue weighted by Gasteiger charge is -2.10. The van der Waals surface area contributed by atoms with Crippen molar-refractivity contribution in [1.82, 2.24) is 4.98 Å². The van der Waals surface area contributed by atoms with Crippen LogP contribution in [0, 0.1) is 0 Å². The van der Waals surface area contributed by atoms with E-state index in [9.17, 15) is 14.4 Å². The van der Waals surface area contributed by atoms with Crippen molar-refractivity contribution < 1.29 is 19.1 Å². The summed E-state index contributed by atoms with van der Waals surface area (Å²) < 4.78 is 5.03. The van der Waals surface area contributed by atoms with E-state index in [4.69, 9.17) is 4.74 Å². The third-order valence-corrected chi connectivity index (χ3v) is 5.31. The van der Waals surface area contributed by atoms with Gasteiger partial charge in [0.2, 0.25) is 5.91 Å². The van der Waals surface area contributed by atoms with Gasteiger partial charge in [0, 0.05) is 24.0 Å². The number of carbonyl (C=O) groups is 3. The first-order valence-corrected chi connectivity index (χ1v) is 10.1. The van der Waals surface area contributed by atoms with Crippen LogP contribution in [0.3, 0.4) is 0 Å². The summed E-state index contributed by atoms with van der Waals surface area (Å²) in [4.78, 5) is 41.6. The van der Waals surface area contributed by atoms with Crippen molar-refractivity contribution in [2.75, 3.05) is 23.4 Å². The number of benzene rings is 1. The molecular formula is C20H23N3O4S. The largest absolute Gasteiger partial charge is 0.455 e. The number of hydrogen-bond donors (Lipinski definition) is 1. The average molecular weight is 401 g/mol. The molecule has 1 N–H and O–H groups in total. The quantitative estimate of drug-likeness (QED) is 0.720. The molecule has 0 bridgehead atoms. The lowest BCUT2D eigenvalue weighted by atomic mass is 10.0. The second-order valence-corrected chi connectivity index (χ2v) is 7.77. The molecule has 1 aliphatic rings. The van der Waals surface area contributed by atoms with Crippen molar-refractivity contribution in [1.29, 1.82) is 0 Å². The Bertz CT molecular complexity index is 861. The van der Waals surface area contributed by atoms with Crippen molar-refractivity contribution in [3.05, 3.63) is 40.9 Å². The summed E-state index contributed by atoms with van der Waals surface area (Å²) >= 11 is 1.33. The maximum Gasteiger partial charge on any atom is 0.312 e. The maximum absolute atomic E-state index is 12.0. The normalized spacial score (nSPS) is 13.8. The van der Waals surface area contributed by atoms with Crippen LogP contribution in [-0.4, -0.2) is 35.9 Å². The van der Waals surface area contributed by atoms with E-state index >= 15 is 0 Å². The van der Waals surface area contributed by atoms with Crippen LogP contribution < -0.4 is 10.2 Å². The first-order valence-electron chi connectivity index (χ1n) is 9.22. The summed E-state index contributed by atoms with van der Waals surface area (Å²) in [7, 11) is 0. The summed E-state index contributed by atoms with van der Waals surface area (Å²) in [6.07, 6.45) is 1.33. The molecule has 0 aliphatic carbocycles. The number of aromatic nitrogens is 1. The molecule has 3 rings (SSSR count). The minimum Gasteiger partial charge on any atom is -0.455 e. The first-order chi connectivity index (χ1) is 13.4. The Hall–Kier alpha value is -2.74. The Morgan fingerprint density at radius 2 is 2.04 bits per heavy atom. The van der Waals surface area contributed by atoms with Gasteiger partial charge in [-0.3, -0.25) is 19.3 Å². The Balaban J connectivity index is 1.44. The average Bonchev–Trinajstić information content (AvgIpc) is 3.29. The van der Waals surface area contributed by atoms with Gasteiger partial charge in [0.1, 0.15) is 0 Å². The van der Waals surface area contributed by atoms with Crippen molar-refractivity contribution in [2.24, 2.45) is 0 Å². The molecule has 0 radical (unpaired) electrons. The number of thiazole rings is 1. The van der Waals surface area contributed by atoms with E-state index in [1.165, 1.54) is 16.9 Å². The lowest BCUT2D eigenvalue weighted by molar-refractivity contribution is -0.146. The van der Waals surface area contributed by atoms with Crippen LogP contribution in [0.4, 0.5) is 10.8 Å². The van der Waals surface area contributed by atoms with Gasteiger partial charge in [-0.2, -0.15) is 0 Å². The molecular weight excluding hydrogens is 378 g/mol. The number of nitrogens with one attached hydrogen (secondary N) is 1. The molecule has 0 spiro atoms. The minimum atomic E-state index is -0.532. The van der Waals surface area contributed by atoms with E-state index in [-0.39, 0.29) is 18.9 Å². The van der Waals surface area contributed by atoms with Crippen molar-refractivity contribution >= 4 is 39.9 Å². The highest BCUT2D eigenvalue weighted by Crippen LogP contribution is 2.25. The van der Waals surface area contributed by atoms with Gasteiger partial charge in [0.05, 0.1) is 12.1 Å². The van der Waals surface area contributed by atoms with E-state index in [2.05, 4.69) is 24.1 Å². The zero-order valence-electron chi connectivity index (χ0n) is 15.9. The fourth-order valence-electron chi connectivity index (χ4n) is 2.85. The van der Waals surface area contributed by atoms with E-state index in [0.29, 0.717) is 35.4 Å². The molecule has 0 atom stereocenters. The molecule has 148 valence electrons. The molecule has 0 saturated carbocycles. The molecule has 8 heteroatoms. The summed E-state index contributed by atoms with van der Waals surface area (Å²) in [5.74, 6) is -0.454. The van der Waals surface area contributed by atoms with Crippen LogP contribution in [0.15, 0.2) is 29.6 Å². The van der Waals surface area contributed by atoms with Gasteiger partial charge in [-0.05, 0) is 30.0 Å².